The molecule has 1 aromatic carbocycles. The lowest BCUT2D eigenvalue weighted by atomic mass is 9.92. The monoisotopic (exact) mass is 755 g/mol. The van der Waals surface area contributed by atoms with Crippen LogP contribution in [0.1, 0.15) is 220 Å². The van der Waals surface area contributed by atoms with Crippen molar-refractivity contribution in [3.63, 3.8) is 0 Å². The molecule has 6 nitrogen and oxygen atoms in total. The Bertz CT molecular complexity index is 823. The second kappa shape index (κ2) is 61.7. The molecule has 0 aromatic heterocycles. The van der Waals surface area contributed by atoms with Crippen LogP contribution in [0, 0.1) is 5.92 Å². The first-order valence-corrected chi connectivity index (χ1v) is 21.7. The van der Waals surface area contributed by atoms with Gasteiger partial charge in [0.05, 0.1) is 12.0 Å². The minimum atomic E-state index is 0.0242. The van der Waals surface area contributed by atoms with E-state index in [1.807, 2.05) is 107 Å². The van der Waals surface area contributed by atoms with Gasteiger partial charge >= 0.3 is 0 Å². The summed E-state index contributed by atoms with van der Waals surface area (Å²) in [5, 5.41) is 3.16. The zero-order valence-corrected chi connectivity index (χ0v) is 39.9. The van der Waals surface area contributed by atoms with Crippen molar-refractivity contribution < 1.29 is 19.2 Å². The zero-order valence-electron chi connectivity index (χ0n) is 39.9. The van der Waals surface area contributed by atoms with Crippen LogP contribution in [0.4, 0.5) is 0 Å². The van der Waals surface area contributed by atoms with Crippen molar-refractivity contribution >= 4 is 23.3 Å². The number of unbranched alkanes of at least 4 members (excludes halogenated alkanes) is 3. The Morgan fingerprint density at radius 2 is 1.08 bits per heavy atom. The third kappa shape index (κ3) is 62.0. The first-order valence-electron chi connectivity index (χ1n) is 21.7. The lowest BCUT2D eigenvalue weighted by Gasteiger charge is -2.20. The molecule has 1 aliphatic rings. The fourth-order valence-corrected chi connectivity index (χ4v) is 4.04. The van der Waals surface area contributed by atoms with Crippen LogP contribution in [0.25, 0.3) is 0 Å². The summed E-state index contributed by atoms with van der Waals surface area (Å²) < 4.78 is 0. The van der Waals surface area contributed by atoms with Crippen molar-refractivity contribution in [1.82, 2.24) is 10.2 Å². The topological polar surface area (TPSA) is 83.6 Å². The molecule has 0 saturated carbocycles. The molecule has 1 amide bonds. The van der Waals surface area contributed by atoms with Gasteiger partial charge in [-0.05, 0) is 64.5 Å². The maximum Gasteiger partial charge on any atom is 0.229 e. The average molecular weight is 755 g/mol. The third-order valence-electron chi connectivity index (χ3n) is 6.36. The number of Topliss-reactive ketones (excluding diaryl/α,β-unsaturated/α-hetero) is 3. The van der Waals surface area contributed by atoms with Gasteiger partial charge in [-0.1, -0.05) is 180 Å². The number of hydrogen-bond donors (Lipinski definition) is 1. The Hall–Kier alpha value is -2.34. The number of ketones is 3. The minimum Gasteiger partial charge on any atom is -0.348 e. The Morgan fingerprint density at radius 3 is 1.32 bits per heavy atom. The first kappa shape index (κ1) is 68.6. The van der Waals surface area contributed by atoms with Crippen molar-refractivity contribution in [3.8, 4) is 0 Å². The van der Waals surface area contributed by atoms with E-state index in [-0.39, 0.29) is 29.4 Å². The highest BCUT2D eigenvalue weighted by molar-refractivity contribution is 5.83. The molecule has 3 unspecified atom stereocenters. The number of hydrogen-bond acceptors (Lipinski definition) is 5. The lowest BCUT2D eigenvalue weighted by Crippen LogP contribution is -2.28. The smallest absolute Gasteiger partial charge is 0.229 e. The van der Waals surface area contributed by atoms with Gasteiger partial charge in [0.1, 0.15) is 17.3 Å². The van der Waals surface area contributed by atoms with Crippen molar-refractivity contribution in [1.29, 1.82) is 0 Å². The molecule has 53 heavy (non-hydrogen) atoms. The summed E-state index contributed by atoms with van der Waals surface area (Å²) in [6, 6.07) is 10.2. The molecular weight excluding hydrogens is 657 g/mol. The van der Waals surface area contributed by atoms with Crippen LogP contribution in [-0.4, -0.2) is 54.8 Å². The van der Waals surface area contributed by atoms with Crippen molar-refractivity contribution in [2.75, 3.05) is 20.6 Å². The molecule has 0 aliphatic carbocycles. The summed E-state index contributed by atoms with van der Waals surface area (Å²) in [5.41, 5.74) is 1.13. The molecule has 0 bridgehead atoms. The predicted molar refractivity (Wildman–Crippen MR) is 241 cm³/mol. The maximum atomic E-state index is 12.1. The van der Waals surface area contributed by atoms with Gasteiger partial charge in [0.2, 0.25) is 5.91 Å². The van der Waals surface area contributed by atoms with Gasteiger partial charge in [0.15, 0.2) is 0 Å². The quantitative estimate of drug-likeness (QED) is 0.215. The summed E-state index contributed by atoms with van der Waals surface area (Å²) in [5.74, 6) is 1.80. The summed E-state index contributed by atoms with van der Waals surface area (Å²) in [7, 11) is 3.65. The summed E-state index contributed by atoms with van der Waals surface area (Å²) in [6.45, 7) is 38.9. The van der Waals surface area contributed by atoms with Crippen LogP contribution in [0.3, 0.4) is 0 Å². The van der Waals surface area contributed by atoms with Gasteiger partial charge < -0.3 is 19.8 Å². The molecule has 1 aliphatic heterocycles. The van der Waals surface area contributed by atoms with Gasteiger partial charge in [-0.2, -0.15) is 0 Å². The molecule has 1 aromatic rings. The average Bonchev–Trinajstić information content (AvgIpc) is 3.60. The predicted octanol–water partition coefficient (Wildman–Crippen LogP) is 14.1. The molecule has 1 saturated heterocycles. The molecule has 3 atom stereocenters. The highest BCUT2D eigenvalue weighted by atomic mass is 16.2. The standard InChI is InChI=1S/C14H21NO.C7H13NO.C7H14O.C5H10O.2C3H8.4C2H6/c1-4-5-11-13(14(16)15(2)3)12-9-7-6-8-10-12;1-5-3-7(6(2)9)8-4-5;1-3-4-5-6-7(2)8;1-3-4-5(2)6;2*1-3-2;4*1-2/h6-10,13H,4-5,11H2,1-3H3;5,7-8H,3-4H2,1-2H3;3-6H2,1-2H3;3-4H2,1-2H3;2*3H2,1-2H3;4*1-2H3. The number of carbonyl (C=O) groups is 4. The van der Waals surface area contributed by atoms with E-state index < -0.39 is 0 Å². The lowest BCUT2D eigenvalue weighted by molar-refractivity contribution is -0.130. The SMILES string of the molecule is CC.CC.CC.CC.CC(=O)C1CC(C)CN1.CCC.CCC.CCCC(C)=O.CCCCC(C(=O)N(C)C)c1ccccc1.CCCCCC(C)=O. The summed E-state index contributed by atoms with van der Waals surface area (Å²) in [4.78, 5) is 44.9. The van der Waals surface area contributed by atoms with E-state index in [0.29, 0.717) is 11.7 Å². The van der Waals surface area contributed by atoms with E-state index >= 15 is 0 Å². The largest absolute Gasteiger partial charge is 0.348 e. The van der Waals surface area contributed by atoms with E-state index in [0.717, 1.165) is 63.5 Å². The van der Waals surface area contributed by atoms with E-state index in [9.17, 15) is 19.2 Å². The Labute approximate surface area is 334 Å². The highest BCUT2D eigenvalue weighted by Gasteiger charge is 2.23. The molecule has 6 heteroatoms. The van der Waals surface area contributed by atoms with Crippen LogP contribution in [-0.2, 0) is 19.2 Å². The first-order chi connectivity index (χ1) is 25.2. The maximum absolute atomic E-state index is 12.1. The molecule has 0 radical (unpaired) electrons. The highest BCUT2D eigenvalue weighted by Crippen LogP contribution is 2.23. The second-order valence-corrected chi connectivity index (χ2v) is 12.3. The number of rotatable bonds is 12. The van der Waals surface area contributed by atoms with E-state index in [1.165, 1.54) is 25.7 Å². The van der Waals surface area contributed by atoms with Crippen molar-refractivity contribution in [2.45, 2.75) is 221 Å². The molecule has 1 fully saturated rings. The van der Waals surface area contributed by atoms with Crippen LogP contribution in [0.5, 0.6) is 0 Å². The number of nitrogens with zero attached hydrogens (tertiary/aromatic N) is 1. The van der Waals surface area contributed by atoms with Gasteiger partial charge in [0, 0.05) is 26.9 Å². The fraction of sp³-hybridized carbons (Fsp3) is 0.787. The van der Waals surface area contributed by atoms with E-state index in [1.54, 1.807) is 25.7 Å². The van der Waals surface area contributed by atoms with Gasteiger partial charge in [0.25, 0.3) is 0 Å². The Balaban J connectivity index is -0.0000000793. The molecule has 1 heterocycles. The Morgan fingerprint density at radius 1 is 0.660 bits per heavy atom. The van der Waals surface area contributed by atoms with Crippen LogP contribution in [0.2, 0.25) is 0 Å². The number of amides is 1. The minimum absolute atomic E-state index is 0.0242. The van der Waals surface area contributed by atoms with Crippen molar-refractivity contribution in [2.24, 2.45) is 5.92 Å². The number of likely N-dealkylation sites (N-methyl/N-ethyl adjacent to an activating group) is 1. The fourth-order valence-electron chi connectivity index (χ4n) is 4.04. The molecular formula is C47H98N2O4. The second-order valence-electron chi connectivity index (χ2n) is 12.3. The molecule has 1 N–H and O–H groups in total. The van der Waals surface area contributed by atoms with Crippen LogP contribution in [0.15, 0.2) is 30.3 Å². The molecule has 320 valence electrons. The summed E-state index contributed by atoms with van der Waals surface area (Å²) in [6.07, 6.45) is 12.7. The Kier molecular flexibility index (Phi) is 79.9. The number of nitrogens with one attached hydrogen (secondary N) is 1. The number of carbonyl (C=O) groups excluding carboxylic acids is 4. The van der Waals surface area contributed by atoms with E-state index in [2.05, 4.69) is 53.8 Å². The van der Waals surface area contributed by atoms with E-state index in [4.69, 9.17) is 0 Å². The summed E-state index contributed by atoms with van der Waals surface area (Å²) >= 11 is 0. The van der Waals surface area contributed by atoms with Crippen molar-refractivity contribution in [3.05, 3.63) is 35.9 Å². The van der Waals surface area contributed by atoms with Gasteiger partial charge in [-0.25, -0.2) is 0 Å². The number of benzene rings is 1. The molecule has 0 spiro atoms. The van der Waals surface area contributed by atoms with Crippen LogP contribution < -0.4 is 5.32 Å². The third-order valence-corrected chi connectivity index (χ3v) is 6.36. The molecule has 2 rings (SSSR count). The van der Waals surface area contributed by atoms with Gasteiger partial charge in [-0.3, -0.25) is 9.59 Å². The zero-order chi connectivity index (χ0) is 43.6. The van der Waals surface area contributed by atoms with Gasteiger partial charge in [-0.15, -0.1) is 0 Å². The normalized spacial score (nSPS) is 13.1. The van der Waals surface area contributed by atoms with Crippen LogP contribution >= 0.6 is 0 Å².